The van der Waals surface area contributed by atoms with Gasteiger partial charge in [0.25, 0.3) is 0 Å². The first-order chi connectivity index (χ1) is 6.41. The second kappa shape index (κ2) is 5.95. The van der Waals surface area contributed by atoms with Crippen molar-refractivity contribution in [2.24, 2.45) is 13.0 Å². The van der Waals surface area contributed by atoms with Crippen LogP contribution < -0.4 is 4.57 Å². The molecular formula is C8H15N3O3. The molecule has 1 aromatic rings. The lowest BCUT2D eigenvalue weighted by molar-refractivity contribution is -0.671. The van der Waals surface area contributed by atoms with Gasteiger partial charge in [-0.2, -0.15) is 0 Å². The second-order valence-electron chi connectivity index (χ2n) is 3.39. The molecule has 0 saturated heterocycles. The molecule has 1 rings (SSSR count). The largest absolute Gasteiger partial charge is 0.356 e. The summed E-state index contributed by atoms with van der Waals surface area (Å²) in [5, 5.41) is 14.8. The number of nitrogens with zero attached hydrogens (tertiary/aromatic N) is 3. The van der Waals surface area contributed by atoms with Gasteiger partial charge in [0.05, 0.1) is 18.7 Å². The zero-order chi connectivity index (χ0) is 11.1. The Morgan fingerprint density at radius 2 is 2.00 bits per heavy atom. The second-order valence-corrected chi connectivity index (χ2v) is 3.39. The van der Waals surface area contributed by atoms with E-state index in [9.17, 15) is 0 Å². The first kappa shape index (κ1) is 12.4. The van der Waals surface area contributed by atoms with E-state index in [2.05, 4.69) is 41.7 Å². The molecule has 0 aromatic carbocycles. The van der Waals surface area contributed by atoms with E-state index in [0.717, 1.165) is 12.5 Å². The van der Waals surface area contributed by atoms with Gasteiger partial charge in [-0.1, -0.05) is 13.8 Å². The number of hydrogen-bond donors (Lipinski definition) is 0. The molecule has 6 nitrogen and oxygen atoms in total. The molecule has 1 heterocycles. The average Bonchev–Trinajstić information content (AvgIpc) is 2.32. The van der Waals surface area contributed by atoms with Crippen LogP contribution in [0, 0.1) is 21.2 Å². The van der Waals surface area contributed by atoms with Gasteiger partial charge in [-0.3, -0.25) is 0 Å². The van der Waals surface area contributed by atoms with E-state index in [-0.39, 0.29) is 0 Å². The molecule has 0 amide bonds. The Hall–Kier alpha value is -1.59. The summed E-state index contributed by atoms with van der Waals surface area (Å²) in [6, 6.07) is 0. The summed E-state index contributed by atoms with van der Waals surface area (Å²) >= 11 is 0. The fourth-order valence-electron chi connectivity index (χ4n) is 1.03. The maximum Gasteiger partial charge on any atom is 0.243 e. The van der Waals surface area contributed by atoms with Crippen molar-refractivity contribution in [1.82, 2.24) is 4.57 Å². The smallest absolute Gasteiger partial charge is 0.243 e. The lowest BCUT2D eigenvalue weighted by atomic mass is 10.2. The van der Waals surface area contributed by atoms with Crippen LogP contribution in [0.2, 0.25) is 0 Å². The Labute approximate surface area is 82.5 Å². The third-order valence-corrected chi connectivity index (χ3v) is 1.40. The van der Waals surface area contributed by atoms with Crippen LogP contribution in [0.15, 0.2) is 18.7 Å². The van der Waals surface area contributed by atoms with Crippen molar-refractivity contribution in [3.8, 4) is 0 Å². The van der Waals surface area contributed by atoms with Gasteiger partial charge in [-0.25, -0.2) is 9.13 Å². The van der Waals surface area contributed by atoms with Gasteiger partial charge in [0, 0.05) is 0 Å². The van der Waals surface area contributed by atoms with Gasteiger partial charge in [0.15, 0.2) is 0 Å². The molecular weight excluding hydrogens is 186 g/mol. The van der Waals surface area contributed by atoms with Crippen LogP contribution in [-0.2, 0) is 13.6 Å². The minimum absolute atomic E-state index is 0.729. The quantitative estimate of drug-likeness (QED) is 0.402. The van der Waals surface area contributed by atoms with E-state index in [0.29, 0.717) is 0 Å². The van der Waals surface area contributed by atoms with Crippen LogP contribution >= 0.6 is 0 Å². The maximum absolute atomic E-state index is 8.25. The maximum atomic E-state index is 8.25. The third-order valence-electron chi connectivity index (χ3n) is 1.40. The molecule has 0 radical (unpaired) electrons. The summed E-state index contributed by atoms with van der Waals surface area (Å²) in [7, 11) is 2.04. The molecule has 0 fully saturated rings. The van der Waals surface area contributed by atoms with Crippen molar-refractivity contribution in [3.05, 3.63) is 34.0 Å². The topological polar surface area (TPSA) is 75.0 Å². The molecule has 0 aliphatic heterocycles. The van der Waals surface area contributed by atoms with E-state index in [4.69, 9.17) is 15.3 Å². The number of imidazole rings is 1. The van der Waals surface area contributed by atoms with Crippen LogP contribution in [0.5, 0.6) is 0 Å². The molecule has 1 aromatic heterocycles. The normalized spacial score (nSPS) is 9.43. The zero-order valence-electron chi connectivity index (χ0n) is 8.58. The molecule has 6 heteroatoms. The van der Waals surface area contributed by atoms with Crippen LogP contribution in [-0.4, -0.2) is 9.65 Å². The summed E-state index contributed by atoms with van der Waals surface area (Å²) in [6.07, 6.45) is 6.25. The van der Waals surface area contributed by atoms with Crippen molar-refractivity contribution in [1.29, 1.82) is 0 Å². The first-order valence-electron chi connectivity index (χ1n) is 4.24. The first-order valence-corrected chi connectivity index (χ1v) is 4.24. The Bertz CT molecular complexity index is 279. The highest BCUT2D eigenvalue weighted by molar-refractivity contribution is 4.66. The molecule has 0 N–H and O–H groups in total. The van der Waals surface area contributed by atoms with E-state index < -0.39 is 5.09 Å². The molecule has 0 saturated carbocycles. The predicted octanol–water partition coefficient (Wildman–Crippen LogP) is 0.730. The SMILES string of the molecule is CC(C)Cn1cc[n+](C)c1.O=[N+]([O-])[O-]. The Balaban J connectivity index is 0.000000364. The average molecular weight is 201 g/mol. The van der Waals surface area contributed by atoms with Gasteiger partial charge in [-0.05, 0) is 5.92 Å². The van der Waals surface area contributed by atoms with Gasteiger partial charge in [-0.15, -0.1) is 0 Å². The van der Waals surface area contributed by atoms with Crippen LogP contribution in [0.1, 0.15) is 13.8 Å². The third kappa shape index (κ3) is 7.08. The van der Waals surface area contributed by atoms with Gasteiger partial charge in [0.1, 0.15) is 12.4 Å². The van der Waals surface area contributed by atoms with E-state index in [1.165, 1.54) is 0 Å². The highest BCUT2D eigenvalue weighted by Gasteiger charge is 2.01. The van der Waals surface area contributed by atoms with Crippen molar-refractivity contribution >= 4 is 0 Å². The summed E-state index contributed by atoms with van der Waals surface area (Å²) in [4.78, 5) is 8.25. The van der Waals surface area contributed by atoms with Crippen molar-refractivity contribution in [2.45, 2.75) is 20.4 Å². The lowest BCUT2D eigenvalue weighted by Gasteiger charge is -1.97. The predicted molar refractivity (Wildman–Crippen MR) is 50.8 cm³/mol. The van der Waals surface area contributed by atoms with Gasteiger partial charge < -0.3 is 15.3 Å². The van der Waals surface area contributed by atoms with E-state index in [1.807, 2.05) is 7.05 Å². The number of aryl methyl sites for hydroxylation is 1. The standard InChI is InChI=1S/C8H15N2.NO3/c1-8(2)6-10-5-4-9(3)7-10;2-1(3)4/h4-5,7-8H,6H2,1-3H3;/q+1;-1. The minimum Gasteiger partial charge on any atom is -0.356 e. The van der Waals surface area contributed by atoms with Crippen LogP contribution in [0.25, 0.3) is 0 Å². The number of hydrogen-bond acceptors (Lipinski definition) is 3. The van der Waals surface area contributed by atoms with E-state index in [1.54, 1.807) is 0 Å². The number of rotatable bonds is 2. The van der Waals surface area contributed by atoms with Crippen molar-refractivity contribution in [3.63, 3.8) is 0 Å². The van der Waals surface area contributed by atoms with Gasteiger partial charge in [0.2, 0.25) is 6.33 Å². The molecule has 0 aliphatic carbocycles. The molecule has 0 bridgehead atoms. The highest BCUT2D eigenvalue weighted by Crippen LogP contribution is 1.95. The number of aromatic nitrogens is 2. The van der Waals surface area contributed by atoms with Crippen molar-refractivity contribution < 1.29 is 9.65 Å². The Morgan fingerprint density at radius 3 is 2.29 bits per heavy atom. The Kier molecular flexibility index (Phi) is 5.28. The Morgan fingerprint density at radius 1 is 1.50 bits per heavy atom. The van der Waals surface area contributed by atoms with Crippen LogP contribution in [0.3, 0.4) is 0 Å². The van der Waals surface area contributed by atoms with E-state index >= 15 is 0 Å². The fraction of sp³-hybridized carbons (Fsp3) is 0.625. The molecule has 14 heavy (non-hydrogen) atoms. The molecule has 80 valence electrons. The molecule has 0 aliphatic rings. The zero-order valence-corrected chi connectivity index (χ0v) is 8.58. The summed E-state index contributed by atoms with van der Waals surface area (Å²) < 4.78 is 4.26. The van der Waals surface area contributed by atoms with Crippen molar-refractivity contribution in [2.75, 3.05) is 0 Å². The molecule has 0 atom stereocenters. The molecule has 0 unspecified atom stereocenters. The summed E-state index contributed by atoms with van der Waals surface area (Å²) in [5.74, 6) is 0.729. The summed E-state index contributed by atoms with van der Waals surface area (Å²) in [5.41, 5.74) is 0. The monoisotopic (exact) mass is 201 g/mol. The fourth-order valence-corrected chi connectivity index (χ4v) is 1.03. The molecule has 0 spiro atoms. The lowest BCUT2D eigenvalue weighted by Crippen LogP contribution is -2.24. The highest BCUT2D eigenvalue weighted by atomic mass is 16.9. The minimum atomic E-state index is -1.75. The van der Waals surface area contributed by atoms with Crippen LogP contribution in [0.4, 0.5) is 0 Å². The summed E-state index contributed by atoms with van der Waals surface area (Å²) in [6.45, 7) is 5.56. The van der Waals surface area contributed by atoms with Gasteiger partial charge >= 0.3 is 0 Å².